The molecule has 0 saturated heterocycles. The summed E-state index contributed by atoms with van der Waals surface area (Å²) < 4.78 is 148. The van der Waals surface area contributed by atoms with E-state index >= 15 is 0 Å². The van der Waals surface area contributed by atoms with E-state index in [1.54, 1.807) is 6.92 Å². The smallest absolute Gasteiger partial charge is 0.491 e. The quantitative estimate of drug-likeness (QED) is 0.133. The highest BCUT2D eigenvalue weighted by Gasteiger charge is 2.41. The average molecular weight is 748 g/mol. The number of halogens is 10. The van der Waals surface area contributed by atoms with Gasteiger partial charge in [0.1, 0.15) is 23.1 Å². The maximum absolute atomic E-state index is 14.1. The molecule has 2 N–H and O–H groups in total. The lowest BCUT2D eigenvalue weighted by molar-refractivity contribution is -0.275. The molecule has 0 fully saturated rings. The first-order chi connectivity index (χ1) is 24.1. The van der Waals surface area contributed by atoms with E-state index in [9.17, 15) is 53.5 Å². The van der Waals surface area contributed by atoms with E-state index in [1.807, 2.05) is 0 Å². The van der Waals surface area contributed by atoms with Crippen molar-refractivity contribution >= 4 is 11.9 Å². The fraction of sp³-hybridized carbons (Fsp3) is 0.257. The monoisotopic (exact) mass is 747 g/mol. The highest BCUT2D eigenvalue weighted by Crippen LogP contribution is 2.39. The van der Waals surface area contributed by atoms with Crippen molar-refractivity contribution in [3.63, 3.8) is 0 Å². The summed E-state index contributed by atoms with van der Waals surface area (Å²) in [7, 11) is 0. The molecule has 0 spiro atoms. The van der Waals surface area contributed by atoms with E-state index in [-0.39, 0.29) is 41.3 Å². The summed E-state index contributed by atoms with van der Waals surface area (Å²) in [5.74, 6) is -5.44. The second-order valence-corrected chi connectivity index (χ2v) is 11.4. The molecule has 4 aromatic carbocycles. The van der Waals surface area contributed by atoms with Gasteiger partial charge in [-0.05, 0) is 84.6 Å². The topological polar surface area (TPSA) is 94.1 Å². The molecule has 0 aliphatic heterocycles. The highest BCUT2D eigenvalue weighted by atomic mass is 19.4. The number of hydrogen-bond acceptors (Lipinski definition) is 5. The van der Waals surface area contributed by atoms with Crippen molar-refractivity contribution in [2.24, 2.45) is 0 Å². The molecule has 0 radical (unpaired) electrons. The fourth-order valence-electron chi connectivity index (χ4n) is 5.24. The third kappa shape index (κ3) is 10.8. The number of benzene rings is 4. The standard InChI is InChI=1S/C35H27F10NO6/c1-20(8-15-30(47)48)50-25-12-9-21(10-13-25)19-32(23-4-2-6-26(17-23)51-34(40,41)42,24-5-3-7-27(18-24)52-35(43,44)45)46-31(49)22-11-14-29(36)28(16-22)33(37,38)39/h2-7,9-14,16-18,20H,8,15,19H2,1H3,(H,46,49)(H,47,48). The van der Waals surface area contributed by atoms with Crippen LogP contribution in [0.1, 0.15) is 52.4 Å². The first-order valence-electron chi connectivity index (χ1n) is 15.0. The van der Waals surface area contributed by atoms with E-state index in [2.05, 4.69) is 14.8 Å². The second kappa shape index (κ2) is 15.4. The molecule has 7 nitrogen and oxygen atoms in total. The Kier molecular flexibility index (Phi) is 11.6. The number of rotatable bonds is 13. The third-order valence-corrected chi connectivity index (χ3v) is 7.48. The summed E-state index contributed by atoms with van der Waals surface area (Å²) in [6, 6.07) is 15.1. The maximum Gasteiger partial charge on any atom is 0.573 e. The van der Waals surface area contributed by atoms with Crippen molar-refractivity contribution in [3.05, 3.63) is 125 Å². The summed E-state index contributed by atoms with van der Waals surface area (Å²) >= 11 is 0. The zero-order valence-electron chi connectivity index (χ0n) is 26.6. The van der Waals surface area contributed by atoms with Gasteiger partial charge in [0.05, 0.1) is 17.2 Å². The van der Waals surface area contributed by atoms with Crippen LogP contribution < -0.4 is 19.5 Å². The summed E-state index contributed by atoms with van der Waals surface area (Å²) in [5, 5.41) is 11.4. The number of hydrogen-bond donors (Lipinski definition) is 2. The Morgan fingerprint density at radius 1 is 0.731 bits per heavy atom. The minimum Gasteiger partial charge on any atom is -0.491 e. The molecule has 1 amide bonds. The van der Waals surface area contributed by atoms with Gasteiger partial charge in [-0.3, -0.25) is 9.59 Å². The Hall–Kier alpha value is -5.48. The predicted octanol–water partition coefficient (Wildman–Crippen LogP) is 9.19. The first kappa shape index (κ1) is 39.3. The molecular weight excluding hydrogens is 720 g/mol. The molecule has 0 aliphatic carbocycles. The van der Waals surface area contributed by atoms with Gasteiger partial charge in [0.25, 0.3) is 5.91 Å². The van der Waals surface area contributed by atoms with Gasteiger partial charge in [0.15, 0.2) is 0 Å². The molecule has 0 saturated carbocycles. The van der Waals surface area contributed by atoms with Crippen molar-refractivity contribution in [3.8, 4) is 17.2 Å². The van der Waals surface area contributed by atoms with E-state index in [0.29, 0.717) is 12.1 Å². The van der Waals surface area contributed by atoms with E-state index in [4.69, 9.17) is 9.84 Å². The molecule has 0 aromatic heterocycles. The molecular formula is C35H27F10NO6. The Balaban J connectivity index is 1.91. The van der Waals surface area contributed by atoms with Crippen LogP contribution in [0.5, 0.6) is 17.2 Å². The zero-order valence-corrected chi connectivity index (χ0v) is 26.6. The second-order valence-electron chi connectivity index (χ2n) is 11.4. The van der Waals surface area contributed by atoms with Crippen LogP contribution in [0.4, 0.5) is 43.9 Å². The number of carboxylic acids is 1. The summed E-state index contributed by atoms with van der Waals surface area (Å²) in [6.07, 6.45) is -16.7. The molecule has 1 atom stereocenters. The van der Waals surface area contributed by atoms with Crippen LogP contribution in [0.15, 0.2) is 91.0 Å². The highest BCUT2D eigenvalue weighted by molar-refractivity contribution is 5.95. The lowest BCUT2D eigenvalue weighted by Gasteiger charge is -2.37. The molecule has 0 bridgehead atoms. The Morgan fingerprint density at radius 2 is 1.27 bits per heavy atom. The van der Waals surface area contributed by atoms with Crippen LogP contribution in [0, 0.1) is 5.82 Å². The van der Waals surface area contributed by atoms with Crippen LogP contribution in [0.3, 0.4) is 0 Å². The molecule has 1 unspecified atom stereocenters. The molecule has 52 heavy (non-hydrogen) atoms. The van der Waals surface area contributed by atoms with Crippen LogP contribution in [0.25, 0.3) is 0 Å². The van der Waals surface area contributed by atoms with Crippen molar-refractivity contribution in [2.75, 3.05) is 0 Å². The van der Waals surface area contributed by atoms with Gasteiger partial charge in [0, 0.05) is 18.4 Å². The van der Waals surface area contributed by atoms with Gasteiger partial charge in [0.2, 0.25) is 0 Å². The number of aliphatic carboxylic acids is 1. The SMILES string of the molecule is CC(CCC(=O)O)Oc1ccc(CC(NC(=O)c2ccc(F)c(C(F)(F)F)c2)(c2cccc(OC(F)(F)F)c2)c2cccc(OC(F)(F)F)c2)cc1. The van der Waals surface area contributed by atoms with E-state index in [1.165, 1.54) is 36.4 Å². The Bertz CT molecular complexity index is 1810. The van der Waals surface area contributed by atoms with Gasteiger partial charge < -0.3 is 24.6 Å². The minimum absolute atomic E-state index is 0.151. The fourth-order valence-corrected chi connectivity index (χ4v) is 5.24. The van der Waals surface area contributed by atoms with Gasteiger partial charge in [-0.2, -0.15) is 13.2 Å². The summed E-state index contributed by atoms with van der Waals surface area (Å²) in [5.41, 5.74) is -4.93. The average Bonchev–Trinajstić information content (AvgIpc) is 3.02. The van der Waals surface area contributed by atoms with Gasteiger partial charge in [-0.1, -0.05) is 36.4 Å². The summed E-state index contributed by atoms with van der Waals surface area (Å²) in [6.45, 7) is 1.61. The van der Waals surface area contributed by atoms with Gasteiger partial charge in [-0.15, -0.1) is 26.3 Å². The molecule has 4 rings (SSSR count). The van der Waals surface area contributed by atoms with E-state index in [0.717, 1.165) is 36.4 Å². The maximum atomic E-state index is 14.1. The van der Waals surface area contributed by atoms with Gasteiger partial charge >= 0.3 is 24.9 Å². The lowest BCUT2D eigenvalue weighted by Crippen LogP contribution is -2.48. The van der Waals surface area contributed by atoms with Crippen molar-refractivity contribution in [1.82, 2.24) is 5.32 Å². The predicted molar refractivity (Wildman–Crippen MR) is 163 cm³/mol. The number of alkyl halides is 9. The number of carbonyl (C=O) groups is 2. The third-order valence-electron chi connectivity index (χ3n) is 7.48. The number of ether oxygens (including phenoxy) is 3. The normalized spacial score (nSPS) is 12.9. The Morgan fingerprint density at radius 3 is 1.75 bits per heavy atom. The molecule has 17 heteroatoms. The van der Waals surface area contributed by atoms with Crippen LogP contribution in [0.2, 0.25) is 0 Å². The van der Waals surface area contributed by atoms with Crippen molar-refractivity contribution < 1.29 is 72.8 Å². The van der Waals surface area contributed by atoms with E-state index < -0.39 is 77.3 Å². The zero-order chi connectivity index (χ0) is 38.5. The number of amides is 1. The van der Waals surface area contributed by atoms with Crippen LogP contribution in [-0.4, -0.2) is 35.8 Å². The summed E-state index contributed by atoms with van der Waals surface area (Å²) in [4.78, 5) is 24.7. The molecule has 0 aliphatic rings. The van der Waals surface area contributed by atoms with Crippen LogP contribution >= 0.6 is 0 Å². The number of nitrogens with one attached hydrogen (secondary N) is 1. The molecule has 0 heterocycles. The van der Waals surface area contributed by atoms with Crippen molar-refractivity contribution in [1.29, 1.82) is 0 Å². The number of carbonyl (C=O) groups excluding carboxylic acids is 1. The lowest BCUT2D eigenvalue weighted by atomic mass is 9.77. The van der Waals surface area contributed by atoms with Gasteiger partial charge in [-0.25, -0.2) is 4.39 Å². The number of carboxylic acid groups (broad SMARTS) is 1. The van der Waals surface area contributed by atoms with Crippen LogP contribution in [-0.2, 0) is 22.9 Å². The molecule has 278 valence electrons. The molecule has 4 aromatic rings. The van der Waals surface area contributed by atoms with Crippen molar-refractivity contribution in [2.45, 2.75) is 56.7 Å². The Labute approximate surface area is 288 Å². The minimum atomic E-state index is -5.24. The first-order valence-corrected chi connectivity index (χ1v) is 15.0. The largest absolute Gasteiger partial charge is 0.573 e.